The Kier molecular flexibility index (Phi) is 8.12. The molecule has 1 fully saturated rings. The van der Waals surface area contributed by atoms with Crippen LogP contribution in [0.5, 0.6) is 0 Å². The molecule has 6 nitrogen and oxygen atoms in total. The van der Waals surface area contributed by atoms with E-state index < -0.39 is 5.97 Å². The van der Waals surface area contributed by atoms with Crippen LogP contribution in [0.1, 0.15) is 39.5 Å². The van der Waals surface area contributed by atoms with E-state index in [1.807, 2.05) is 0 Å². The van der Waals surface area contributed by atoms with Crippen LogP contribution in [0, 0.1) is 17.8 Å². The number of urea groups is 1. The normalized spacial score (nSPS) is 17.5. The molecule has 3 N–H and O–H groups in total. The molecule has 1 rings (SSSR count). The van der Waals surface area contributed by atoms with E-state index in [-0.39, 0.29) is 18.4 Å². The molecule has 0 bridgehead atoms. The van der Waals surface area contributed by atoms with Crippen LogP contribution < -0.4 is 10.6 Å². The van der Waals surface area contributed by atoms with Gasteiger partial charge in [0.15, 0.2) is 0 Å². The van der Waals surface area contributed by atoms with E-state index in [4.69, 9.17) is 9.84 Å². The lowest BCUT2D eigenvalue weighted by Crippen LogP contribution is -2.41. The number of aliphatic carboxylic acids is 1. The van der Waals surface area contributed by atoms with Gasteiger partial charge in [0.2, 0.25) is 0 Å². The first-order valence-corrected chi connectivity index (χ1v) is 7.78. The SMILES string of the molecule is CC(C)C[C@H](CNC(=O)NCC1CCOCC1)CC(=O)O. The lowest BCUT2D eigenvalue weighted by atomic mass is 9.94. The zero-order valence-corrected chi connectivity index (χ0v) is 13.1. The van der Waals surface area contributed by atoms with E-state index in [2.05, 4.69) is 24.5 Å². The Morgan fingerprint density at radius 2 is 1.90 bits per heavy atom. The summed E-state index contributed by atoms with van der Waals surface area (Å²) in [6.07, 6.45) is 2.86. The summed E-state index contributed by atoms with van der Waals surface area (Å²) in [4.78, 5) is 22.6. The van der Waals surface area contributed by atoms with Gasteiger partial charge in [0.1, 0.15) is 0 Å². The van der Waals surface area contributed by atoms with E-state index >= 15 is 0 Å². The van der Waals surface area contributed by atoms with E-state index in [1.54, 1.807) is 0 Å². The molecule has 0 unspecified atom stereocenters. The summed E-state index contributed by atoms with van der Waals surface area (Å²) in [6, 6.07) is -0.208. The first kappa shape index (κ1) is 17.8. The number of nitrogens with one attached hydrogen (secondary N) is 2. The second-order valence-corrected chi connectivity index (χ2v) is 6.24. The fourth-order valence-corrected chi connectivity index (χ4v) is 2.64. The van der Waals surface area contributed by atoms with E-state index in [9.17, 15) is 9.59 Å². The van der Waals surface area contributed by atoms with Crippen molar-refractivity contribution < 1.29 is 19.4 Å². The van der Waals surface area contributed by atoms with Crippen LogP contribution in [0.4, 0.5) is 4.79 Å². The van der Waals surface area contributed by atoms with Crippen LogP contribution in [-0.4, -0.2) is 43.4 Å². The lowest BCUT2D eigenvalue weighted by molar-refractivity contribution is -0.138. The van der Waals surface area contributed by atoms with Crippen molar-refractivity contribution in [1.82, 2.24) is 10.6 Å². The average Bonchev–Trinajstić information content (AvgIpc) is 2.42. The molecule has 0 radical (unpaired) electrons. The zero-order valence-electron chi connectivity index (χ0n) is 13.1. The maximum atomic E-state index is 11.8. The molecule has 1 aliphatic rings. The Hall–Kier alpha value is -1.30. The van der Waals surface area contributed by atoms with Gasteiger partial charge in [0.25, 0.3) is 0 Å². The highest BCUT2D eigenvalue weighted by atomic mass is 16.5. The second kappa shape index (κ2) is 9.60. The molecule has 2 amide bonds. The highest BCUT2D eigenvalue weighted by molar-refractivity contribution is 5.74. The van der Waals surface area contributed by atoms with Crippen LogP contribution in [0.3, 0.4) is 0 Å². The van der Waals surface area contributed by atoms with E-state index in [1.165, 1.54) is 0 Å². The number of rotatable bonds is 8. The van der Waals surface area contributed by atoms with Gasteiger partial charge in [-0.15, -0.1) is 0 Å². The molecule has 1 aliphatic heterocycles. The summed E-state index contributed by atoms with van der Waals surface area (Å²) in [5.41, 5.74) is 0. The predicted molar refractivity (Wildman–Crippen MR) is 80.1 cm³/mol. The Labute approximate surface area is 126 Å². The summed E-state index contributed by atoms with van der Waals surface area (Å²) in [5.74, 6) is 0.0674. The fourth-order valence-electron chi connectivity index (χ4n) is 2.64. The molecular weight excluding hydrogens is 272 g/mol. The predicted octanol–water partition coefficient (Wildman–Crippen LogP) is 1.85. The fraction of sp³-hybridized carbons (Fsp3) is 0.867. The minimum Gasteiger partial charge on any atom is -0.481 e. The van der Waals surface area contributed by atoms with Crippen molar-refractivity contribution in [3.8, 4) is 0 Å². The van der Waals surface area contributed by atoms with Gasteiger partial charge in [0, 0.05) is 32.7 Å². The maximum Gasteiger partial charge on any atom is 0.314 e. The van der Waals surface area contributed by atoms with Crippen molar-refractivity contribution in [2.45, 2.75) is 39.5 Å². The molecule has 122 valence electrons. The molecule has 0 aromatic carbocycles. The van der Waals surface area contributed by atoms with E-state index in [0.717, 1.165) is 32.5 Å². The molecule has 0 saturated carbocycles. The molecule has 1 heterocycles. The number of hydrogen-bond donors (Lipinski definition) is 3. The monoisotopic (exact) mass is 300 g/mol. The van der Waals surface area contributed by atoms with Gasteiger partial charge in [-0.1, -0.05) is 13.8 Å². The molecule has 0 aromatic heterocycles. The largest absolute Gasteiger partial charge is 0.481 e. The number of carbonyl (C=O) groups excluding carboxylic acids is 1. The zero-order chi connectivity index (χ0) is 15.7. The van der Waals surface area contributed by atoms with Crippen LogP contribution in [0.15, 0.2) is 0 Å². The summed E-state index contributed by atoms with van der Waals surface area (Å²) < 4.78 is 5.28. The summed E-state index contributed by atoms with van der Waals surface area (Å²) >= 11 is 0. The van der Waals surface area contributed by atoms with Gasteiger partial charge >= 0.3 is 12.0 Å². The molecule has 1 saturated heterocycles. The minimum atomic E-state index is -0.815. The Bertz CT molecular complexity index is 328. The maximum absolute atomic E-state index is 11.8. The van der Waals surface area contributed by atoms with Crippen LogP contribution >= 0.6 is 0 Å². The van der Waals surface area contributed by atoms with Crippen molar-refractivity contribution in [1.29, 1.82) is 0 Å². The van der Waals surface area contributed by atoms with Gasteiger partial charge < -0.3 is 20.5 Å². The number of carboxylic acids is 1. The van der Waals surface area contributed by atoms with Gasteiger partial charge in [-0.05, 0) is 37.0 Å². The van der Waals surface area contributed by atoms with Gasteiger partial charge in [0.05, 0.1) is 0 Å². The number of carbonyl (C=O) groups is 2. The smallest absolute Gasteiger partial charge is 0.314 e. The molecule has 0 aromatic rings. The van der Waals surface area contributed by atoms with Crippen molar-refractivity contribution in [3.05, 3.63) is 0 Å². The van der Waals surface area contributed by atoms with Crippen LogP contribution in [-0.2, 0) is 9.53 Å². The highest BCUT2D eigenvalue weighted by Crippen LogP contribution is 2.15. The average molecular weight is 300 g/mol. The number of amides is 2. The number of ether oxygens (including phenoxy) is 1. The minimum absolute atomic E-state index is 0.0173. The Balaban J connectivity index is 2.23. The molecular formula is C15H28N2O4. The third kappa shape index (κ3) is 8.55. The first-order valence-electron chi connectivity index (χ1n) is 7.78. The molecule has 1 atom stereocenters. The molecule has 6 heteroatoms. The topological polar surface area (TPSA) is 87.7 Å². The third-order valence-electron chi connectivity index (χ3n) is 3.71. The van der Waals surface area contributed by atoms with Gasteiger partial charge in [-0.25, -0.2) is 4.79 Å². The second-order valence-electron chi connectivity index (χ2n) is 6.24. The summed E-state index contributed by atoms with van der Waals surface area (Å²) in [5, 5.41) is 14.5. The van der Waals surface area contributed by atoms with Crippen molar-refractivity contribution in [2.75, 3.05) is 26.3 Å². The van der Waals surface area contributed by atoms with Gasteiger partial charge in [-0.2, -0.15) is 0 Å². The van der Waals surface area contributed by atoms with Crippen LogP contribution in [0.2, 0.25) is 0 Å². The van der Waals surface area contributed by atoms with Crippen LogP contribution in [0.25, 0.3) is 0 Å². The summed E-state index contributed by atoms with van der Waals surface area (Å²) in [7, 11) is 0. The van der Waals surface area contributed by atoms with Crippen molar-refractivity contribution in [2.24, 2.45) is 17.8 Å². The summed E-state index contributed by atoms with van der Waals surface area (Å²) in [6.45, 7) is 6.71. The van der Waals surface area contributed by atoms with Crippen molar-refractivity contribution >= 4 is 12.0 Å². The Morgan fingerprint density at radius 3 is 2.48 bits per heavy atom. The van der Waals surface area contributed by atoms with Gasteiger partial charge in [-0.3, -0.25) is 4.79 Å². The molecule has 0 spiro atoms. The first-order chi connectivity index (χ1) is 9.97. The highest BCUT2D eigenvalue weighted by Gasteiger charge is 2.17. The quantitative estimate of drug-likeness (QED) is 0.638. The molecule has 0 aliphatic carbocycles. The third-order valence-corrected chi connectivity index (χ3v) is 3.71. The van der Waals surface area contributed by atoms with Crippen molar-refractivity contribution in [3.63, 3.8) is 0 Å². The van der Waals surface area contributed by atoms with E-state index in [0.29, 0.717) is 24.9 Å². The molecule has 21 heavy (non-hydrogen) atoms. The standard InChI is InChI=1S/C15H28N2O4/c1-11(2)7-13(8-14(18)19)10-17-15(20)16-9-12-3-5-21-6-4-12/h11-13H,3-10H2,1-2H3,(H,18,19)(H2,16,17,20)/t13-/m0/s1. The lowest BCUT2D eigenvalue weighted by Gasteiger charge is -2.23. The number of hydrogen-bond acceptors (Lipinski definition) is 3. The number of carboxylic acid groups (broad SMARTS) is 1. The Morgan fingerprint density at radius 1 is 1.24 bits per heavy atom.